The molecule has 0 aliphatic carbocycles. The van der Waals surface area contributed by atoms with Crippen LogP contribution in [0.25, 0.3) is 0 Å². The molecule has 0 saturated carbocycles. The molecule has 0 aromatic carbocycles. The van der Waals surface area contributed by atoms with Crippen LogP contribution in [0.4, 0.5) is 19.0 Å². The Hall–Kier alpha value is -2.37. The number of nitriles is 1. The Bertz CT molecular complexity index is 466. The highest BCUT2D eigenvalue weighted by atomic mass is 19.4. The molecular weight excluding hydrogens is 231 g/mol. The molecule has 1 aromatic heterocycles. The maximum Gasteiger partial charge on any atom is 0.575 e. The fourth-order valence-corrected chi connectivity index (χ4v) is 0.805. The van der Waals surface area contributed by atoms with Gasteiger partial charge < -0.3 is 14.9 Å². The lowest BCUT2D eigenvalue weighted by Gasteiger charge is -2.05. The highest BCUT2D eigenvalue weighted by Gasteiger charge is 2.35. The second kappa shape index (κ2) is 4.01. The third-order valence-corrected chi connectivity index (χ3v) is 1.37. The zero-order valence-electron chi connectivity index (χ0n) is 7.35. The summed E-state index contributed by atoms with van der Waals surface area (Å²) >= 11 is 0. The standard InChI is InChI=1S/C7H2F3N3O3/c8-7(9,10)16-6-4(3-11)1-2-5(12-6)13(14)15/h1-2H. The van der Waals surface area contributed by atoms with Crippen molar-refractivity contribution in [1.82, 2.24) is 4.98 Å². The fraction of sp³-hybridized carbons (Fsp3) is 0.143. The van der Waals surface area contributed by atoms with Crippen LogP contribution in [0, 0.1) is 21.4 Å². The molecule has 9 heteroatoms. The second-order valence-corrected chi connectivity index (χ2v) is 2.44. The summed E-state index contributed by atoms with van der Waals surface area (Å²) in [4.78, 5) is 12.2. The van der Waals surface area contributed by atoms with Gasteiger partial charge in [0.25, 0.3) is 0 Å². The van der Waals surface area contributed by atoms with Crippen molar-refractivity contribution in [2.75, 3.05) is 0 Å². The van der Waals surface area contributed by atoms with Crippen molar-refractivity contribution in [3.63, 3.8) is 0 Å². The lowest BCUT2D eigenvalue weighted by Crippen LogP contribution is -2.19. The second-order valence-electron chi connectivity index (χ2n) is 2.44. The summed E-state index contributed by atoms with van der Waals surface area (Å²) in [6.45, 7) is 0. The Morgan fingerprint density at radius 2 is 2.12 bits per heavy atom. The normalized spacial score (nSPS) is 10.6. The maximum absolute atomic E-state index is 11.8. The Kier molecular flexibility index (Phi) is 2.94. The van der Waals surface area contributed by atoms with Crippen molar-refractivity contribution >= 4 is 5.82 Å². The van der Waals surface area contributed by atoms with E-state index in [2.05, 4.69) is 9.72 Å². The van der Waals surface area contributed by atoms with Crippen LogP contribution < -0.4 is 4.74 Å². The molecule has 0 bridgehead atoms. The Labute approximate surface area is 86.0 Å². The number of aromatic nitrogens is 1. The molecule has 84 valence electrons. The first-order valence-corrected chi connectivity index (χ1v) is 3.65. The summed E-state index contributed by atoms with van der Waals surface area (Å²) in [6.07, 6.45) is -5.06. The van der Waals surface area contributed by atoms with Gasteiger partial charge in [-0.3, -0.25) is 0 Å². The van der Waals surface area contributed by atoms with Gasteiger partial charge in [0, 0.05) is 11.1 Å². The topological polar surface area (TPSA) is 89.0 Å². The van der Waals surface area contributed by atoms with Crippen LogP contribution >= 0.6 is 0 Å². The Morgan fingerprint density at radius 1 is 1.50 bits per heavy atom. The SMILES string of the molecule is N#Cc1ccc([N+](=O)[O-])nc1OC(F)(F)F. The first-order valence-electron chi connectivity index (χ1n) is 3.65. The monoisotopic (exact) mass is 233 g/mol. The summed E-state index contributed by atoms with van der Waals surface area (Å²) < 4.78 is 38.9. The molecule has 0 fully saturated rings. The quantitative estimate of drug-likeness (QED) is 0.573. The number of ether oxygens (including phenoxy) is 1. The maximum atomic E-state index is 11.8. The zero-order valence-corrected chi connectivity index (χ0v) is 7.35. The van der Waals surface area contributed by atoms with Gasteiger partial charge in [0.15, 0.2) is 0 Å². The molecule has 0 aliphatic rings. The summed E-state index contributed by atoms with van der Waals surface area (Å²) in [5.74, 6) is -1.97. The van der Waals surface area contributed by atoms with Crippen LogP contribution in [0.5, 0.6) is 5.88 Å². The Balaban J connectivity index is 3.19. The summed E-state index contributed by atoms with van der Waals surface area (Å²) in [6, 6.07) is 3.01. The third-order valence-electron chi connectivity index (χ3n) is 1.37. The number of halogens is 3. The lowest BCUT2D eigenvalue weighted by atomic mass is 10.3. The summed E-state index contributed by atoms with van der Waals surface area (Å²) in [7, 11) is 0. The molecule has 0 radical (unpaired) electrons. The molecule has 0 N–H and O–H groups in total. The van der Waals surface area contributed by atoms with Gasteiger partial charge in [-0.15, -0.1) is 13.2 Å². The molecule has 0 unspecified atom stereocenters. The van der Waals surface area contributed by atoms with E-state index in [4.69, 9.17) is 5.26 Å². The summed E-state index contributed by atoms with van der Waals surface area (Å²) in [5.41, 5.74) is -0.539. The molecular formula is C7H2F3N3O3. The number of nitrogens with zero attached hydrogens (tertiary/aromatic N) is 3. The smallest absolute Gasteiger partial charge is 0.365 e. The number of hydrogen-bond acceptors (Lipinski definition) is 5. The molecule has 0 aliphatic heterocycles. The Morgan fingerprint density at radius 3 is 2.56 bits per heavy atom. The number of alkyl halides is 3. The van der Waals surface area contributed by atoms with Gasteiger partial charge in [0.2, 0.25) is 0 Å². The van der Waals surface area contributed by atoms with E-state index in [1.165, 1.54) is 6.07 Å². The van der Waals surface area contributed by atoms with Crippen molar-refractivity contribution in [3.8, 4) is 11.9 Å². The molecule has 16 heavy (non-hydrogen) atoms. The molecule has 0 amide bonds. The number of rotatable bonds is 2. The number of hydrogen-bond donors (Lipinski definition) is 0. The molecule has 1 rings (SSSR count). The van der Waals surface area contributed by atoms with Gasteiger partial charge in [0.05, 0.1) is 0 Å². The van der Waals surface area contributed by atoms with E-state index in [0.29, 0.717) is 0 Å². The minimum Gasteiger partial charge on any atom is -0.365 e. The molecule has 0 spiro atoms. The van der Waals surface area contributed by atoms with Crippen LogP contribution in [0.15, 0.2) is 12.1 Å². The van der Waals surface area contributed by atoms with Gasteiger partial charge >= 0.3 is 18.1 Å². The average Bonchev–Trinajstić information content (AvgIpc) is 2.15. The number of pyridine rings is 1. The van der Waals surface area contributed by atoms with Gasteiger partial charge in [-0.25, -0.2) is 0 Å². The fourth-order valence-electron chi connectivity index (χ4n) is 0.805. The minimum atomic E-state index is -5.06. The van der Waals surface area contributed by atoms with E-state index in [9.17, 15) is 23.3 Å². The predicted octanol–water partition coefficient (Wildman–Crippen LogP) is 1.76. The van der Waals surface area contributed by atoms with Crippen molar-refractivity contribution in [1.29, 1.82) is 5.26 Å². The van der Waals surface area contributed by atoms with Crippen LogP contribution in [0.3, 0.4) is 0 Å². The van der Waals surface area contributed by atoms with Crippen LogP contribution in [0.2, 0.25) is 0 Å². The predicted molar refractivity (Wildman–Crippen MR) is 42.3 cm³/mol. The van der Waals surface area contributed by atoms with E-state index >= 15 is 0 Å². The van der Waals surface area contributed by atoms with Crippen molar-refractivity contribution in [2.24, 2.45) is 0 Å². The van der Waals surface area contributed by atoms with Gasteiger partial charge in [-0.05, 0) is 11.0 Å². The average molecular weight is 233 g/mol. The minimum absolute atomic E-state index is 0.539. The van der Waals surface area contributed by atoms with Gasteiger partial charge in [-0.2, -0.15) is 5.26 Å². The van der Waals surface area contributed by atoms with E-state index in [0.717, 1.165) is 12.1 Å². The molecule has 6 nitrogen and oxygen atoms in total. The van der Waals surface area contributed by atoms with Crippen molar-refractivity contribution < 1.29 is 22.8 Å². The largest absolute Gasteiger partial charge is 0.575 e. The highest BCUT2D eigenvalue weighted by Crippen LogP contribution is 2.25. The van der Waals surface area contributed by atoms with E-state index < -0.39 is 28.5 Å². The molecule has 0 saturated heterocycles. The van der Waals surface area contributed by atoms with E-state index in [-0.39, 0.29) is 0 Å². The summed E-state index contributed by atoms with van der Waals surface area (Å²) in [5, 5.41) is 18.7. The van der Waals surface area contributed by atoms with Gasteiger partial charge in [-0.1, -0.05) is 0 Å². The number of nitro groups is 1. The highest BCUT2D eigenvalue weighted by molar-refractivity contribution is 5.41. The third kappa shape index (κ3) is 2.81. The molecule has 0 atom stereocenters. The van der Waals surface area contributed by atoms with Gasteiger partial charge in [0.1, 0.15) is 11.6 Å². The van der Waals surface area contributed by atoms with Crippen molar-refractivity contribution in [3.05, 3.63) is 27.8 Å². The van der Waals surface area contributed by atoms with Crippen LogP contribution in [0.1, 0.15) is 5.56 Å². The zero-order chi connectivity index (χ0) is 12.3. The first-order chi connectivity index (χ1) is 7.33. The van der Waals surface area contributed by atoms with Crippen LogP contribution in [-0.2, 0) is 0 Å². The molecule has 1 aromatic rings. The van der Waals surface area contributed by atoms with Crippen molar-refractivity contribution in [2.45, 2.75) is 6.36 Å². The van der Waals surface area contributed by atoms with E-state index in [1.54, 1.807) is 0 Å². The first kappa shape index (κ1) is 11.7. The van der Waals surface area contributed by atoms with Crippen LogP contribution in [-0.4, -0.2) is 16.3 Å². The van der Waals surface area contributed by atoms with E-state index in [1.807, 2.05) is 0 Å². The lowest BCUT2D eigenvalue weighted by molar-refractivity contribution is -0.390. The molecule has 1 heterocycles.